The molecule has 2 fully saturated rings. The Labute approximate surface area is 101 Å². The number of rotatable bonds is 1. The zero-order valence-corrected chi connectivity index (χ0v) is 10.1. The zero-order chi connectivity index (χ0) is 11.0. The number of nitrogens with zero attached hydrogens (tertiary/aromatic N) is 1. The van der Waals surface area contributed by atoms with E-state index in [1.54, 1.807) is 0 Å². The monoisotopic (exact) mass is 236 g/mol. The van der Waals surface area contributed by atoms with Crippen LogP contribution in [0.1, 0.15) is 37.2 Å². The van der Waals surface area contributed by atoms with E-state index in [9.17, 15) is 0 Å². The van der Waals surface area contributed by atoms with Gasteiger partial charge in [-0.2, -0.15) is 0 Å². The van der Waals surface area contributed by atoms with E-state index in [2.05, 4.69) is 16.4 Å². The summed E-state index contributed by atoms with van der Waals surface area (Å²) in [6, 6.07) is 4.85. The molecule has 1 aromatic heterocycles. The van der Waals surface area contributed by atoms with E-state index in [4.69, 9.17) is 11.6 Å². The Morgan fingerprint density at radius 1 is 1.25 bits per heavy atom. The normalized spacial score (nSPS) is 33.7. The number of pyridine rings is 1. The van der Waals surface area contributed by atoms with Gasteiger partial charge in [-0.05, 0) is 55.7 Å². The lowest BCUT2D eigenvalue weighted by Gasteiger charge is -2.41. The van der Waals surface area contributed by atoms with Crippen LogP contribution in [0, 0.1) is 5.92 Å². The molecule has 2 nitrogen and oxygen atoms in total. The molecule has 0 radical (unpaired) electrons. The van der Waals surface area contributed by atoms with Crippen LogP contribution in [0.4, 0.5) is 0 Å². The van der Waals surface area contributed by atoms with Crippen molar-refractivity contribution in [2.24, 2.45) is 5.92 Å². The fraction of sp³-hybridized carbons (Fsp3) is 0.615. The second-order valence-corrected chi connectivity index (χ2v) is 5.42. The summed E-state index contributed by atoms with van der Waals surface area (Å²) in [6.45, 7) is 1.19. The lowest BCUT2D eigenvalue weighted by atomic mass is 9.71. The highest BCUT2D eigenvalue weighted by Gasteiger charge is 2.33. The van der Waals surface area contributed by atoms with Crippen molar-refractivity contribution in [3.8, 4) is 0 Å². The maximum absolute atomic E-state index is 5.83. The molecular weight excluding hydrogens is 220 g/mol. The molecule has 2 aliphatic rings. The van der Waals surface area contributed by atoms with Gasteiger partial charge in [0, 0.05) is 12.2 Å². The topological polar surface area (TPSA) is 24.9 Å². The first kappa shape index (κ1) is 10.5. The highest BCUT2D eigenvalue weighted by molar-refractivity contribution is 6.29. The molecule has 0 spiro atoms. The van der Waals surface area contributed by atoms with E-state index in [0.29, 0.717) is 11.1 Å². The second kappa shape index (κ2) is 4.34. The van der Waals surface area contributed by atoms with Crippen molar-refractivity contribution >= 4 is 11.6 Å². The van der Waals surface area contributed by atoms with Gasteiger partial charge in [0.25, 0.3) is 0 Å². The quantitative estimate of drug-likeness (QED) is 0.759. The van der Waals surface area contributed by atoms with Crippen LogP contribution in [-0.2, 0) is 0 Å². The Balaban J connectivity index is 1.81. The molecule has 1 saturated carbocycles. The molecule has 0 amide bonds. The smallest absolute Gasteiger partial charge is 0.129 e. The molecule has 86 valence electrons. The molecule has 2 heterocycles. The van der Waals surface area contributed by atoms with Gasteiger partial charge in [0.2, 0.25) is 0 Å². The van der Waals surface area contributed by atoms with Crippen LogP contribution in [0.2, 0.25) is 5.15 Å². The first-order valence-corrected chi connectivity index (χ1v) is 6.55. The van der Waals surface area contributed by atoms with E-state index in [-0.39, 0.29) is 0 Å². The third kappa shape index (κ3) is 1.96. The molecule has 0 aromatic carbocycles. The largest absolute Gasteiger partial charge is 0.314 e. The second-order valence-electron chi connectivity index (χ2n) is 5.03. The molecule has 1 saturated heterocycles. The van der Waals surface area contributed by atoms with Crippen LogP contribution in [0.15, 0.2) is 18.3 Å². The first-order valence-electron chi connectivity index (χ1n) is 6.18. The maximum Gasteiger partial charge on any atom is 0.129 e. The SMILES string of the molecule is Clc1ccc(C2CCC3CC2CCN3)cn1. The van der Waals surface area contributed by atoms with Gasteiger partial charge in [0.15, 0.2) is 0 Å². The van der Waals surface area contributed by atoms with Crippen molar-refractivity contribution in [2.75, 3.05) is 6.54 Å². The van der Waals surface area contributed by atoms with Crippen LogP contribution in [0.25, 0.3) is 0 Å². The lowest BCUT2D eigenvalue weighted by Crippen LogP contribution is -2.43. The Morgan fingerprint density at radius 2 is 2.19 bits per heavy atom. The summed E-state index contributed by atoms with van der Waals surface area (Å²) in [7, 11) is 0. The predicted octanol–water partition coefficient (Wildman–Crippen LogP) is 2.98. The van der Waals surface area contributed by atoms with Crippen LogP contribution >= 0.6 is 11.6 Å². The minimum Gasteiger partial charge on any atom is -0.314 e. The minimum atomic E-state index is 0.600. The molecule has 16 heavy (non-hydrogen) atoms. The predicted molar refractivity (Wildman–Crippen MR) is 65.7 cm³/mol. The zero-order valence-electron chi connectivity index (χ0n) is 9.32. The molecule has 3 heteroatoms. The van der Waals surface area contributed by atoms with Crippen molar-refractivity contribution in [1.82, 2.24) is 10.3 Å². The highest BCUT2D eigenvalue weighted by Crippen LogP contribution is 2.41. The van der Waals surface area contributed by atoms with E-state index in [1.165, 1.54) is 37.8 Å². The third-order valence-corrected chi connectivity index (χ3v) is 4.33. The Kier molecular flexibility index (Phi) is 2.86. The lowest BCUT2D eigenvalue weighted by molar-refractivity contribution is 0.194. The van der Waals surface area contributed by atoms with Gasteiger partial charge < -0.3 is 5.32 Å². The van der Waals surface area contributed by atoms with Crippen LogP contribution in [0.5, 0.6) is 0 Å². The van der Waals surface area contributed by atoms with Gasteiger partial charge in [0.1, 0.15) is 5.15 Å². The van der Waals surface area contributed by atoms with Gasteiger partial charge in [-0.15, -0.1) is 0 Å². The molecule has 3 unspecified atom stereocenters. The number of fused-ring (bicyclic) bond motifs is 2. The highest BCUT2D eigenvalue weighted by atomic mass is 35.5. The van der Waals surface area contributed by atoms with E-state index in [1.807, 2.05) is 12.3 Å². The average Bonchev–Trinajstić information content (AvgIpc) is 2.31. The molecular formula is C13H17ClN2. The van der Waals surface area contributed by atoms with Gasteiger partial charge in [0.05, 0.1) is 0 Å². The third-order valence-electron chi connectivity index (χ3n) is 4.11. The van der Waals surface area contributed by atoms with E-state index >= 15 is 0 Å². The maximum atomic E-state index is 5.83. The van der Waals surface area contributed by atoms with Crippen molar-refractivity contribution < 1.29 is 0 Å². The number of aromatic nitrogens is 1. The summed E-state index contributed by atoms with van der Waals surface area (Å²) >= 11 is 5.83. The summed E-state index contributed by atoms with van der Waals surface area (Å²) in [5.41, 5.74) is 1.38. The van der Waals surface area contributed by atoms with E-state index in [0.717, 1.165) is 12.0 Å². The van der Waals surface area contributed by atoms with Crippen molar-refractivity contribution in [3.63, 3.8) is 0 Å². The average molecular weight is 237 g/mol. The molecule has 1 N–H and O–H groups in total. The molecule has 1 aliphatic heterocycles. The summed E-state index contributed by atoms with van der Waals surface area (Å²) < 4.78 is 0. The standard InChI is InChI=1S/C13H17ClN2/c14-13-4-1-10(8-16-13)12-3-2-11-7-9(12)5-6-15-11/h1,4,8-9,11-12,15H,2-3,5-7H2. The summed E-state index contributed by atoms with van der Waals surface area (Å²) in [4.78, 5) is 4.21. The van der Waals surface area contributed by atoms with Gasteiger partial charge in [-0.1, -0.05) is 17.7 Å². The molecule has 1 aliphatic carbocycles. The Morgan fingerprint density at radius 3 is 3.00 bits per heavy atom. The van der Waals surface area contributed by atoms with Crippen LogP contribution < -0.4 is 5.32 Å². The number of hydrogen-bond acceptors (Lipinski definition) is 2. The summed E-state index contributed by atoms with van der Waals surface area (Å²) in [5.74, 6) is 1.56. The molecule has 3 rings (SSSR count). The van der Waals surface area contributed by atoms with Gasteiger partial charge >= 0.3 is 0 Å². The van der Waals surface area contributed by atoms with Gasteiger partial charge in [-0.3, -0.25) is 0 Å². The fourth-order valence-electron chi connectivity index (χ4n) is 3.29. The van der Waals surface area contributed by atoms with Gasteiger partial charge in [-0.25, -0.2) is 4.98 Å². The van der Waals surface area contributed by atoms with Crippen LogP contribution in [0.3, 0.4) is 0 Å². The molecule has 2 bridgehead atoms. The van der Waals surface area contributed by atoms with Crippen molar-refractivity contribution in [3.05, 3.63) is 29.0 Å². The number of halogens is 1. The van der Waals surface area contributed by atoms with Crippen molar-refractivity contribution in [2.45, 2.75) is 37.6 Å². The first-order chi connectivity index (χ1) is 7.83. The Hall–Kier alpha value is -0.600. The number of nitrogens with one attached hydrogen (secondary N) is 1. The summed E-state index contributed by atoms with van der Waals surface area (Å²) in [6.07, 6.45) is 7.22. The molecule has 3 atom stereocenters. The Bertz CT molecular complexity index is 363. The fourth-order valence-corrected chi connectivity index (χ4v) is 3.40. The van der Waals surface area contributed by atoms with Crippen LogP contribution in [-0.4, -0.2) is 17.6 Å². The number of hydrogen-bond donors (Lipinski definition) is 1. The molecule has 1 aromatic rings. The van der Waals surface area contributed by atoms with E-state index < -0.39 is 0 Å². The summed E-state index contributed by atoms with van der Waals surface area (Å²) in [5, 5.41) is 4.19. The number of piperidine rings is 1. The van der Waals surface area contributed by atoms with Crippen molar-refractivity contribution in [1.29, 1.82) is 0 Å². The minimum absolute atomic E-state index is 0.600.